The minimum Gasteiger partial charge on any atom is -0.507 e. The number of carbonyl (C=O) groups is 1. The zero-order valence-electron chi connectivity index (χ0n) is 10.8. The van der Waals surface area contributed by atoms with Crippen LogP contribution in [0.4, 0.5) is 0 Å². The van der Waals surface area contributed by atoms with Crippen molar-refractivity contribution >= 4 is 38.3 Å². The molecule has 1 atom stereocenters. The maximum Gasteiger partial charge on any atom is 0.269 e. The molecule has 110 valence electrons. The molecule has 0 radical (unpaired) electrons. The van der Waals surface area contributed by atoms with Crippen LogP contribution in [0.15, 0.2) is 27.8 Å². The predicted octanol–water partition coefficient (Wildman–Crippen LogP) is 1.02. The number of rotatable bonds is 6. The van der Waals surface area contributed by atoms with Crippen molar-refractivity contribution in [2.75, 3.05) is 18.6 Å². The second-order valence-corrected chi connectivity index (χ2v) is 6.45. The van der Waals surface area contributed by atoms with Crippen molar-refractivity contribution in [1.29, 1.82) is 0 Å². The van der Waals surface area contributed by atoms with Gasteiger partial charge in [0.05, 0.1) is 4.47 Å². The predicted molar refractivity (Wildman–Crippen MR) is 80.7 cm³/mol. The van der Waals surface area contributed by atoms with Crippen LogP contribution in [0, 0.1) is 0 Å². The molecule has 0 saturated heterocycles. The summed E-state index contributed by atoms with van der Waals surface area (Å²) in [7, 11) is -0.992. The number of amides is 1. The number of phenolic OH excluding ortho intramolecular Hbond substituents is 1. The molecule has 0 bridgehead atoms. The Labute approximate surface area is 127 Å². The first-order valence-electron chi connectivity index (χ1n) is 5.70. The number of carbonyl (C=O) groups excluding carboxylic acids is 1. The van der Waals surface area contributed by atoms with Gasteiger partial charge in [0.25, 0.3) is 5.91 Å². The highest BCUT2D eigenvalue weighted by Gasteiger charge is 2.13. The molecule has 1 aromatic carbocycles. The Morgan fingerprint density at radius 3 is 2.75 bits per heavy atom. The normalized spacial score (nSPS) is 13.0. The molecule has 3 N–H and O–H groups in total. The second kappa shape index (κ2) is 8.01. The van der Waals surface area contributed by atoms with Crippen LogP contribution in [0.25, 0.3) is 0 Å². The van der Waals surface area contributed by atoms with E-state index in [2.05, 4.69) is 26.4 Å². The molecule has 1 rings (SSSR count). The molecular weight excluding hydrogens is 348 g/mol. The van der Waals surface area contributed by atoms with E-state index in [1.165, 1.54) is 6.07 Å². The Morgan fingerprint density at radius 1 is 1.50 bits per heavy atom. The van der Waals surface area contributed by atoms with Crippen molar-refractivity contribution < 1.29 is 19.3 Å². The van der Waals surface area contributed by atoms with Gasteiger partial charge < -0.3 is 15.6 Å². The van der Waals surface area contributed by atoms with Gasteiger partial charge in [-0.25, -0.2) is 0 Å². The van der Waals surface area contributed by atoms with E-state index < -0.39 is 16.7 Å². The van der Waals surface area contributed by atoms with E-state index in [0.717, 1.165) is 0 Å². The molecule has 0 saturated carbocycles. The molecule has 0 spiro atoms. The van der Waals surface area contributed by atoms with Crippen LogP contribution >= 0.6 is 15.9 Å². The average Bonchev–Trinajstić information content (AvgIpc) is 2.39. The Balaban J connectivity index is 2.65. The van der Waals surface area contributed by atoms with Crippen LogP contribution in [-0.2, 0) is 22.0 Å². The number of halogens is 1. The average molecular weight is 363 g/mol. The number of hydrogen-bond donors (Lipinski definition) is 3. The van der Waals surface area contributed by atoms with Gasteiger partial charge in [-0.3, -0.25) is 9.00 Å². The van der Waals surface area contributed by atoms with Crippen molar-refractivity contribution in [2.24, 2.45) is 5.16 Å². The van der Waals surface area contributed by atoms with Crippen molar-refractivity contribution in [3.63, 3.8) is 0 Å². The first-order valence-corrected chi connectivity index (χ1v) is 8.22. The molecule has 1 aromatic rings. The van der Waals surface area contributed by atoms with Crippen LogP contribution in [0.1, 0.15) is 5.56 Å². The maximum atomic E-state index is 11.8. The summed E-state index contributed by atoms with van der Waals surface area (Å²) >= 11 is 3.17. The third kappa shape index (κ3) is 5.30. The van der Waals surface area contributed by atoms with Gasteiger partial charge in [0.15, 0.2) is 0 Å². The highest BCUT2D eigenvalue weighted by molar-refractivity contribution is 9.10. The standard InChI is InChI=1S/C12H15BrN2O4S/c1-20(19)5-4-14-12(17)10(15-18)7-8-2-3-11(16)9(13)6-8/h2-3,6,16,18H,4-5,7H2,1H3,(H,14,17)/b15-10+. The minimum atomic E-state index is -0.992. The van der Waals surface area contributed by atoms with Crippen molar-refractivity contribution in [1.82, 2.24) is 5.32 Å². The largest absolute Gasteiger partial charge is 0.507 e. The lowest BCUT2D eigenvalue weighted by molar-refractivity contribution is -0.114. The maximum absolute atomic E-state index is 11.8. The highest BCUT2D eigenvalue weighted by Crippen LogP contribution is 2.24. The monoisotopic (exact) mass is 362 g/mol. The fraction of sp³-hybridized carbons (Fsp3) is 0.333. The molecule has 1 amide bonds. The minimum absolute atomic E-state index is 0.0514. The quantitative estimate of drug-likeness (QED) is 0.399. The van der Waals surface area contributed by atoms with Gasteiger partial charge in [-0.2, -0.15) is 0 Å². The lowest BCUT2D eigenvalue weighted by atomic mass is 10.1. The van der Waals surface area contributed by atoms with E-state index in [1.807, 2.05) is 0 Å². The Kier molecular flexibility index (Phi) is 6.66. The topological polar surface area (TPSA) is 99.0 Å². The summed E-state index contributed by atoms with van der Waals surface area (Å²) in [4.78, 5) is 11.8. The summed E-state index contributed by atoms with van der Waals surface area (Å²) in [5.74, 6) is -0.0804. The molecule has 20 heavy (non-hydrogen) atoms. The molecule has 6 nitrogen and oxygen atoms in total. The fourth-order valence-electron chi connectivity index (χ4n) is 1.43. The van der Waals surface area contributed by atoms with E-state index in [0.29, 0.717) is 15.8 Å². The fourth-order valence-corrected chi connectivity index (χ4v) is 2.24. The van der Waals surface area contributed by atoms with Crippen LogP contribution in [0.2, 0.25) is 0 Å². The van der Waals surface area contributed by atoms with Gasteiger partial charge in [0, 0.05) is 35.8 Å². The van der Waals surface area contributed by atoms with Crippen LogP contribution < -0.4 is 5.32 Å². The van der Waals surface area contributed by atoms with Gasteiger partial charge in [-0.1, -0.05) is 11.2 Å². The van der Waals surface area contributed by atoms with E-state index in [9.17, 15) is 14.1 Å². The summed E-state index contributed by atoms with van der Waals surface area (Å²) in [6.45, 7) is 0.250. The third-order valence-electron chi connectivity index (χ3n) is 2.44. The van der Waals surface area contributed by atoms with Crippen molar-refractivity contribution in [3.8, 4) is 5.75 Å². The number of nitrogens with one attached hydrogen (secondary N) is 1. The van der Waals surface area contributed by atoms with Gasteiger partial charge in [0.1, 0.15) is 11.5 Å². The lowest BCUT2D eigenvalue weighted by Crippen LogP contribution is -2.34. The summed E-state index contributed by atoms with van der Waals surface area (Å²) in [6.07, 6.45) is 1.66. The first kappa shape index (κ1) is 16.6. The summed E-state index contributed by atoms with van der Waals surface area (Å²) < 4.78 is 11.4. The Bertz CT molecular complexity index is 548. The van der Waals surface area contributed by atoms with E-state index in [4.69, 9.17) is 5.21 Å². The van der Waals surface area contributed by atoms with Crippen molar-refractivity contribution in [2.45, 2.75) is 6.42 Å². The molecule has 0 aliphatic carbocycles. The zero-order valence-corrected chi connectivity index (χ0v) is 13.2. The van der Waals surface area contributed by atoms with Gasteiger partial charge in [-0.15, -0.1) is 0 Å². The molecule has 1 unspecified atom stereocenters. The number of oxime groups is 1. The number of phenols is 1. The number of aromatic hydroxyl groups is 1. The third-order valence-corrected chi connectivity index (χ3v) is 3.86. The number of benzene rings is 1. The smallest absolute Gasteiger partial charge is 0.269 e. The molecule has 0 aromatic heterocycles. The first-order chi connectivity index (χ1) is 9.43. The van der Waals surface area contributed by atoms with E-state index in [1.54, 1.807) is 18.4 Å². The Morgan fingerprint density at radius 2 is 2.20 bits per heavy atom. The lowest BCUT2D eigenvalue weighted by Gasteiger charge is -2.07. The van der Waals surface area contributed by atoms with Crippen molar-refractivity contribution in [3.05, 3.63) is 28.2 Å². The molecule has 0 heterocycles. The zero-order chi connectivity index (χ0) is 15.1. The van der Waals surface area contributed by atoms with E-state index >= 15 is 0 Å². The molecular formula is C12H15BrN2O4S. The Hall–Kier alpha value is -1.41. The summed E-state index contributed by atoms with van der Waals surface area (Å²) in [6, 6.07) is 4.74. The van der Waals surface area contributed by atoms with Crippen LogP contribution in [0.3, 0.4) is 0 Å². The SMILES string of the molecule is CS(=O)CCNC(=O)/C(Cc1ccc(O)c(Br)c1)=N/O. The highest BCUT2D eigenvalue weighted by atomic mass is 79.9. The summed E-state index contributed by atoms with van der Waals surface area (Å²) in [5, 5.41) is 23.8. The number of nitrogens with zero attached hydrogens (tertiary/aromatic N) is 1. The molecule has 0 aliphatic heterocycles. The molecule has 0 aliphatic rings. The summed E-state index contributed by atoms with van der Waals surface area (Å²) in [5.41, 5.74) is 0.654. The van der Waals surface area contributed by atoms with Crippen LogP contribution in [0.5, 0.6) is 5.75 Å². The van der Waals surface area contributed by atoms with E-state index in [-0.39, 0.29) is 24.4 Å². The second-order valence-electron chi connectivity index (χ2n) is 4.04. The van der Waals surface area contributed by atoms with Gasteiger partial charge >= 0.3 is 0 Å². The van der Waals surface area contributed by atoms with Gasteiger partial charge in [-0.05, 0) is 33.6 Å². The molecule has 0 fully saturated rings. The van der Waals surface area contributed by atoms with Gasteiger partial charge in [0.2, 0.25) is 0 Å². The molecule has 8 heteroatoms. The van der Waals surface area contributed by atoms with Crippen LogP contribution in [-0.4, -0.2) is 44.7 Å². The number of hydrogen-bond acceptors (Lipinski definition) is 5.